The van der Waals surface area contributed by atoms with Crippen molar-refractivity contribution in [3.05, 3.63) is 52.2 Å². The Morgan fingerprint density at radius 2 is 2.18 bits per heavy atom. The highest BCUT2D eigenvalue weighted by molar-refractivity contribution is 7.07. The maximum absolute atomic E-state index is 12.0. The van der Waals surface area contributed by atoms with E-state index in [1.807, 2.05) is 54.9 Å². The van der Waals surface area contributed by atoms with Crippen LogP contribution in [0, 0.1) is 0 Å². The zero-order valence-corrected chi connectivity index (χ0v) is 13.6. The van der Waals surface area contributed by atoms with E-state index in [1.165, 1.54) is 11.3 Å². The highest BCUT2D eigenvalue weighted by Crippen LogP contribution is 2.16. The molecule has 0 fully saturated rings. The molecule has 118 valence electrons. The summed E-state index contributed by atoms with van der Waals surface area (Å²) >= 11 is 1.52. The molecule has 0 bridgehead atoms. The van der Waals surface area contributed by atoms with Gasteiger partial charge in [-0.15, -0.1) is 0 Å². The minimum atomic E-state index is -0.661. The molecule has 1 unspecified atom stereocenters. The van der Waals surface area contributed by atoms with Gasteiger partial charge in [0.1, 0.15) is 5.75 Å². The third kappa shape index (κ3) is 5.16. The molecule has 2 aromatic rings. The molecule has 4 nitrogen and oxygen atoms in total. The number of carbonyl (C=O) groups excluding carboxylic acids is 1. The number of thiophene rings is 1. The summed E-state index contributed by atoms with van der Waals surface area (Å²) in [5.41, 5.74) is 1.72. The molecular weight excluding hydrogens is 298 g/mol. The van der Waals surface area contributed by atoms with Crippen LogP contribution in [0.2, 0.25) is 0 Å². The van der Waals surface area contributed by atoms with E-state index in [9.17, 15) is 9.90 Å². The van der Waals surface area contributed by atoms with Gasteiger partial charge >= 0.3 is 0 Å². The van der Waals surface area contributed by atoms with E-state index in [4.69, 9.17) is 4.74 Å². The van der Waals surface area contributed by atoms with Crippen LogP contribution in [0.5, 0.6) is 5.75 Å². The summed E-state index contributed by atoms with van der Waals surface area (Å²) in [7, 11) is 0. The Balaban J connectivity index is 1.84. The number of rotatable bonds is 7. The lowest BCUT2D eigenvalue weighted by atomic mass is 10.1. The molecule has 0 saturated heterocycles. The van der Waals surface area contributed by atoms with Crippen molar-refractivity contribution in [1.82, 2.24) is 5.32 Å². The van der Waals surface area contributed by atoms with E-state index < -0.39 is 6.10 Å². The van der Waals surface area contributed by atoms with Crippen LogP contribution in [-0.4, -0.2) is 23.7 Å². The van der Waals surface area contributed by atoms with E-state index in [1.54, 1.807) is 0 Å². The van der Waals surface area contributed by atoms with Crippen molar-refractivity contribution >= 4 is 17.2 Å². The molecule has 22 heavy (non-hydrogen) atoms. The van der Waals surface area contributed by atoms with Gasteiger partial charge in [-0.1, -0.05) is 12.1 Å². The zero-order valence-electron chi connectivity index (χ0n) is 12.8. The molecule has 0 aliphatic rings. The minimum absolute atomic E-state index is 0.102. The molecule has 2 rings (SSSR count). The molecule has 5 heteroatoms. The van der Waals surface area contributed by atoms with Crippen LogP contribution >= 0.6 is 11.3 Å². The molecule has 1 heterocycles. The fourth-order valence-corrected chi connectivity index (χ4v) is 2.75. The average Bonchev–Trinajstić information content (AvgIpc) is 2.98. The normalized spacial score (nSPS) is 12.2. The van der Waals surface area contributed by atoms with Crippen molar-refractivity contribution in [2.45, 2.75) is 32.5 Å². The van der Waals surface area contributed by atoms with Gasteiger partial charge in [-0.05, 0) is 53.9 Å². The monoisotopic (exact) mass is 319 g/mol. The van der Waals surface area contributed by atoms with Gasteiger partial charge in [-0.3, -0.25) is 4.79 Å². The molecule has 1 amide bonds. The van der Waals surface area contributed by atoms with Crippen molar-refractivity contribution in [2.24, 2.45) is 0 Å². The SMILES string of the molecule is CC(C)Oc1cccc(CC(=O)NCC(O)c2ccsc2)c1. The summed E-state index contributed by atoms with van der Waals surface area (Å²) in [6.07, 6.45) is -0.290. The fraction of sp³-hybridized carbons (Fsp3) is 0.353. The van der Waals surface area contributed by atoms with Crippen molar-refractivity contribution in [3.63, 3.8) is 0 Å². The van der Waals surface area contributed by atoms with Crippen molar-refractivity contribution < 1.29 is 14.6 Å². The standard InChI is InChI=1S/C17H21NO3S/c1-12(2)21-15-5-3-4-13(8-15)9-17(20)18-10-16(19)14-6-7-22-11-14/h3-8,11-12,16,19H,9-10H2,1-2H3,(H,18,20). The molecule has 0 saturated carbocycles. The Bertz CT molecular complexity index is 596. The van der Waals surface area contributed by atoms with Crippen LogP contribution in [-0.2, 0) is 11.2 Å². The number of nitrogens with one attached hydrogen (secondary N) is 1. The van der Waals surface area contributed by atoms with Gasteiger partial charge in [0.25, 0.3) is 0 Å². The third-order valence-electron chi connectivity index (χ3n) is 3.06. The Hall–Kier alpha value is -1.85. The number of amides is 1. The summed E-state index contributed by atoms with van der Waals surface area (Å²) in [6, 6.07) is 9.37. The number of hydrogen-bond donors (Lipinski definition) is 2. The number of carbonyl (C=O) groups is 1. The molecule has 0 aliphatic heterocycles. The smallest absolute Gasteiger partial charge is 0.224 e. The van der Waals surface area contributed by atoms with Gasteiger partial charge in [-0.2, -0.15) is 11.3 Å². The van der Waals surface area contributed by atoms with Gasteiger partial charge in [0.15, 0.2) is 0 Å². The third-order valence-corrected chi connectivity index (χ3v) is 3.76. The summed E-state index contributed by atoms with van der Waals surface area (Å²) in [5, 5.41) is 16.5. The van der Waals surface area contributed by atoms with Gasteiger partial charge in [-0.25, -0.2) is 0 Å². The second kappa shape index (κ2) is 7.96. The minimum Gasteiger partial charge on any atom is -0.491 e. The summed E-state index contributed by atoms with van der Waals surface area (Å²) < 4.78 is 5.61. The number of ether oxygens (including phenoxy) is 1. The van der Waals surface area contributed by atoms with Crippen LogP contribution < -0.4 is 10.1 Å². The van der Waals surface area contributed by atoms with Gasteiger partial charge < -0.3 is 15.2 Å². The van der Waals surface area contributed by atoms with Gasteiger partial charge in [0.2, 0.25) is 5.91 Å². The topological polar surface area (TPSA) is 58.6 Å². The average molecular weight is 319 g/mol. The van der Waals surface area contributed by atoms with Crippen LogP contribution in [0.3, 0.4) is 0 Å². The lowest BCUT2D eigenvalue weighted by Crippen LogP contribution is -2.29. The number of aliphatic hydroxyl groups is 1. The van der Waals surface area contributed by atoms with Crippen molar-refractivity contribution in [1.29, 1.82) is 0 Å². The molecular formula is C17H21NO3S. The van der Waals surface area contributed by atoms with Crippen LogP contribution in [0.1, 0.15) is 31.1 Å². The van der Waals surface area contributed by atoms with Crippen LogP contribution in [0.4, 0.5) is 0 Å². The van der Waals surface area contributed by atoms with Crippen LogP contribution in [0.25, 0.3) is 0 Å². The van der Waals surface area contributed by atoms with E-state index in [2.05, 4.69) is 5.32 Å². The lowest BCUT2D eigenvalue weighted by Gasteiger charge is -2.12. The van der Waals surface area contributed by atoms with E-state index in [0.29, 0.717) is 0 Å². The van der Waals surface area contributed by atoms with Crippen molar-refractivity contribution in [3.8, 4) is 5.75 Å². The van der Waals surface area contributed by atoms with Crippen LogP contribution in [0.15, 0.2) is 41.1 Å². The highest BCUT2D eigenvalue weighted by atomic mass is 32.1. The number of hydrogen-bond acceptors (Lipinski definition) is 4. The summed E-state index contributed by atoms with van der Waals surface area (Å²) in [5.74, 6) is 0.648. The van der Waals surface area contributed by atoms with E-state index in [-0.39, 0.29) is 25.0 Å². The molecule has 0 radical (unpaired) electrons. The van der Waals surface area contributed by atoms with Gasteiger partial charge in [0, 0.05) is 6.54 Å². The second-order valence-corrected chi connectivity index (χ2v) is 6.15. The number of benzene rings is 1. The van der Waals surface area contributed by atoms with E-state index >= 15 is 0 Å². The fourth-order valence-electron chi connectivity index (χ4n) is 2.04. The lowest BCUT2D eigenvalue weighted by molar-refractivity contribution is -0.120. The number of aliphatic hydroxyl groups excluding tert-OH is 1. The van der Waals surface area contributed by atoms with Gasteiger partial charge in [0.05, 0.1) is 18.6 Å². The first-order valence-corrected chi connectivity index (χ1v) is 8.21. The Morgan fingerprint density at radius 1 is 1.36 bits per heavy atom. The Labute approximate surface area is 134 Å². The largest absolute Gasteiger partial charge is 0.491 e. The first kappa shape index (κ1) is 16.5. The first-order valence-electron chi connectivity index (χ1n) is 7.27. The first-order chi connectivity index (χ1) is 10.5. The summed E-state index contributed by atoms with van der Waals surface area (Å²) in [6.45, 7) is 4.15. The van der Waals surface area contributed by atoms with Crippen molar-refractivity contribution in [2.75, 3.05) is 6.54 Å². The second-order valence-electron chi connectivity index (χ2n) is 5.37. The molecule has 0 spiro atoms. The maximum atomic E-state index is 12.0. The molecule has 2 N–H and O–H groups in total. The maximum Gasteiger partial charge on any atom is 0.224 e. The highest BCUT2D eigenvalue weighted by Gasteiger charge is 2.10. The zero-order chi connectivity index (χ0) is 15.9. The molecule has 1 atom stereocenters. The Kier molecular flexibility index (Phi) is 5.98. The predicted molar refractivity (Wildman–Crippen MR) is 88.2 cm³/mol. The molecule has 1 aromatic carbocycles. The molecule has 1 aromatic heterocycles. The van der Waals surface area contributed by atoms with E-state index in [0.717, 1.165) is 16.9 Å². The summed E-state index contributed by atoms with van der Waals surface area (Å²) in [4.78, 5) is 12.0. The quantitative estimate of drug-likeness (QED) is 0.825. The Morgan fingerprint density at radius 3 is 2.86 bits per heavy atom. The predicted octanol–water partition coefficient (Wildman–Crippen LogP) is 2.93. The molecule has 0 aliphatic carbocycles.